The molecular formula is C21H31N5O5S. The first-order valence-corrected chi connectivity index (χ1v) is 11.4. The van der Waals surface area contributed by atoms with Crippen LogP contribution in [0.15, 0.2) is 44.1 Å². The van der Waals surface area contributed by atoms with Crippen molar-refractivity contribution in [2.24, 2.45) is 21.6 Å². The maximum absolute atomic E-state index is 13.0. The summed E-state index contributed by atoms with van der Waals surface area (Å²) in [6.07, 6.45) is 3.53. The van der Waals surface area contributed by atoms with Crippen LogP contribution in [0.1, 0.15) is 44.9 Å². The summed E-state index contributed by atoms with van der Waals surface area (Å²) < 4.78 is 10.8. The Morgan fingerprint density at radius 3 is 3.00 bits per heavy atom. The van der Waals surface area contributed by atoms with E-state index < -0.39 is 23.2 Å². The molecule has 0 radical (unpaired) electrons. The van der Waals surface area contributed by atoms with Crippen LogP contribution >= 0.6 is 11.8 Å². The lowest BCUT2D eigenvalue weighted by atomic mass is 10.1. The average molecular weight is 466 g/mol. The highest BCUT2D eigenvalue weighted by molar-refractivity contribution is 8.16. The highest BCUT2D eigenvalue weighted by atomic mass is 32.2. The molecule has 0 spiro atoms. The van der Waals surface area contributed by atoms with Gasteiger partial charge in [0.2, 0.25) is 0 Å². The molecule has 0 bridgehead atoms. The van der Waals surface area contributed by atoms with E-state index in [1.807, 2.05) is 6.92 Å². The van der Waals surface area contributed by atoms with Gasteiger partial charge in [0.15, 0.2) is 5.66 Å². The first-order chi connectivity index (χ1) is 15.3. The van der Waals surface area contributed by atoms with E-state index in [9.17, 15) is 9.59 Å². The van der Waals surface area contributed by atoms with Gasteiger partial charge < -0.3 is 25.0 Å². The Balaban J connectivity index is 2.16. The van der Waals surface area contributed by atoms with E-state index in [0.29, 0.717) is 42.5 Å². The average Bonchev–Trinajstić information content (AvgIpc) is 3.18. The number of hydrogen-bond acceptors (Lipinski definition) is 10. The second-order valence-electron chi connectivity index (χ2n) is 7.21. The largest absolute Gasteiger partial charge is 0.489 e. The molecule has 11 heteroatoms. The lowest BCUT2D eigenvalue weighted by Gasteiger charge is -2.24. The molecule has 176 valence electrons. The summed E-state index contributed by atoms with van der Waals surface area (Å²) in [6.45, 7) is 8.44. The molecule has 0 aromatic carbocycles. The standard InChI is InChI=1S/C21H31N5O5S/c1-4-7-16(17-11-15(29-9-5-2)12-18(27)31-17)24-20(28)21(23)13-32-19(25-21)14(3)26-30-10-6-8-22/h5,11-12,16H,2,4,6-10,13,22-23H2,1,3H3,(H,24,28). The third-order valence-corrected chi connectivity index (χ3v) is 5.68. The minimum absolute atomic E-state index is 0.241. The molecule has 32 heavy (non-hydrogen) atoms. The molecule has 1 aliphatic rings. The van der Waals surface area contributed by atoms with Crippen LogP contribution in [0.2, 0.25) is 0 Å². The van der Waals surface area contributed by atoms with Gasteiger partial charge in [0.1, 0.15) is 35.5 Å². The molecule has 0 aliphatic carbocycles. The lowest BCUT2D eigenvalue weighted by Crippen LogP contribution is -2.54. The second kappa shape index (κ2) is 12.4. The van der Waals surface area contributed by atoms with Crippen LogP contribution < -0.4 is 27.1 Å². The van der Waals surface area contributed by atoms with Crippen molar-refractivity contribution in [3.63, 3.8) is 0 Å². The summed E-state index contributed by atoms with van der Waals surface area (Å²) in [5.41, 5.74) is 10.2. The summed E-state index contributed by atoms with van der Waals surface area (Å²) in [4.78, 5) is 34.6. The van der Waals surface area contributed by atoms with E-state index in [1.54, 1.807) is 19.1 Å². The van der Waals surface area contributed by atoms with Gasteiger partial charge in [-0.25, -0.2) is 9.79 Å². The summed E-state index contributed by atoms with van der Waals surface area (Å²) >= 11 is 1.33. The van der Waals surface area contributed by atoms with Gasteiger partial charge in [-0.15, -0.1) is 11.8 Å². The van der Waals surface area contributed by atoms with Crippen molar-refractivity contribution in [3.8, 4) is 5.75 Å². The number of hydrogen-bond donors (Lipinski definition) is 3. The Hall–Kier alpha value is -2.63. The normalized spacial score (nSPS) is 19.2. The van der Waals surface area contributed by atoms with E-state index >= 15 is 0 Å². The van der Waals surface area contributed by atoms with Crippen molar-refractivity contribution in [3.05, 3.63) is 41.0 Å². The maximum atomic E-state index is 13.0. The van der Waals surface area contributed by atoms with Gasteiger partial charge in [-0.3, -0.25) is 10.5 Å². The Bertz CT molecular complexity index is 916. The van der Waals surface area contributed by atoms with Gasteiger partial charge >= 0.3 is 5.63 Å². The number of nitrogens with one attached hydrogen (secondary N) is 1. The number of ether oxygens (including phenoxy) is 1. The van der Waals surface area contributed by atoms with Crippen LogP contribution in [0.4, 0.5) is 0 Å². The number of rotatable bonds is 13. The van der Waals surface area contributed by atoms with Gasteiger partial charge in [0.25, 0.3) is 5.91 Å². The molecule has 2 atom stereocenters. The van der Waals surface area contributed by atoms with Gasteiger partial charge in [-0.1, -0.05) is 31.2 Å². The molecule has 2 unspecified atom stereocenters. The predicted molar refractivity (Wildman–Crippen MR) is 126 cm³/mol. The lowest BCUT2D eigenvalue weighted by molar-refractivity contribution is -0.126. The zero-order chi connectivity index (χ0) is 23.6. The van der Waals surface area contributed by atoms with Crippen molar-refractivity contribution in [1.29, 1.82) is 0 Å². The fourth-order valence-electron chi connectivity index (χ4n) is 2.80. The number of carbonyl (C=O) groups excluding carboxylic acids is 1. The molecule has 1 aromatic heterocycles. The molecule has 1 aliphatic heterocycles. The van der Waals surface area contributed by atoms with E-state index in [2.05, 4.69) is 22.0 Å². The number of aliphatic imine (C=N–C) groups is 1. The van der Waals surface area contributed by atoms with E-state index in [1.165, 1.54) is 17.8 Å². The number of nitrogens with two attached hydrogens (primary N) is 2. The summed E-state index contributed by atoms with van der Waals surface area (Å²) in [6, 6.07) is 2.26. The SMILES string of the molecule is C=CCOc1cc(C(CCC)NC(=O)C2(N)CSC(C(C)=NOCCCN)=N2)oc(=O)c1. The Kier molecular flexibility index (Phi) is 9.95. The molecular weight excluding hydrogens is 434 g/mol. The van der Waals surface area contributed by atoms with E-state index in [-0.39, 0.29) is 18.1 Å². The van der Waals surface area contributed by atoms with Crippen LogP contribution in [0.25, 0.3) is 0 Å². The highest BCUT2D eigenvalue weighted by Gasteiger charge is 2.41. The fourth-order valence-corrected chi connectivity index (χ4v) is 3.82. The molecule has 1 aromatic rings. The summed E-state index contributed by atoms with van der Waals surface area (Å²) in [5.74, 6) is 0.397. The Morgan fingerprint density at radius 1 is 1.53 bits per heavy atom. The second-order valence-corrected chi connectivity index (χ2v) is 8.17. The quantitative estimate of drug-likeness (QED) is 0.172. The number of carbonyl (C=O) groups is 1. The zero-order valence-electron chi connectivity index (χ0n) is 18.5. The fraction of sp³-hybridized carbons (Fsp3) is 0.524. The topological polar surface area (TPSA) is 155 Å². The minimum atomic E-state index is -1.47. The van der Waals surface area contributed by atoms with Crippen LogP contribution in [-0.4, -0.2) is 47.8 Å². The van der Waals surface area contributed by atoms with Crippen LogP contribution in [-0.2, 0) is 9.63 Å². The Labute approximate surface area is 191 Å². The van der Waals surface area contributed by atoms with Gasteiger partial charge in [0.05, 0.1) is 12.1 Å². The molecule has 0 saturated heterocycles. The van der Waals surface area contributed by atoms with Gasteiger partial charge in [0, 0.05) is 11.8 Å². The molecule has 0 fully saturated rings. The van der Waals surface area contributed by atoms with Crippen molar-refractivity contribution in [2.45, 2.75) is 44.8 Å². The minimum Gasteiger partial charge on any atom is -0.489 e. The van der Waals surface area contributed by atoms with Crippen LogP contribution in [0, 0.1) is 0 Å². The monoisotopic (exact) mass is 465 g/mol. The third kappa shape index (κ3) is 7.21. The molecule has 2 rings (SSSR count). The van der Waals surface area contributed by atoms with Crippen molar-refractivity contribution < 1.29 is 18.8 Å². The number of amides is 1. The zero-order valence-corrected chi connectivity index (χ0v) is 19.3. The van der Waals surface area contributed by atoms with Crippen LogP contribution in [0.5, 0.6) is 5.75 Å². The maximum Gasteiger partial charge on any atom is 0.339 e. The summed E-state index contributed by atoms with van der Waals surface area (Å²) in [5, 5.41) is 7.41. The van der Waals surface area contributed by atoms with Crippen molar-refractivity contribution in [2.75, 3.05) is 25.5 Å². The van der Waals surface area contributed by atoms with Gasteiger partial charge in [-0.2, -0.15) is 0 Å². The molecule has 0 saturated carbocycles. The summed E-state index contributed by atoms with van der Waals surface area (Å²) in [7, 11) is 0. The van der Waals surface area contributed by atoms with Crippen molar-refractivity contribution in [1.82, 2.24) is 5.32 Å². The number of nitrogens with zero attached hydrogens (tertiary/aromatic N) is 2. The van der Waals surface area contributed by atoms with Crippen molar-refractivity contribution >= 4 is 28.4 Å². The highest BCUT2D eigenvalue weighted by Crippen LogP contribution is 2.27. The van der Waals surface area contributed by atoms with Crippen LogP contribution in [0.3, 0.4) is 0 Å². The third-order valence-electron chi connectivity index (χ3n) is 4.43. The van der Waals surface area contributed by atoms with E-state index in [0.717, 1.165) is 6.42 Å². The predicted octanol–water partition coefficient (Wildman–Crippen LogP) is 1.70. The number of oxime groups is 1. The number of thioether (sulfide) groups is 1. The molecule has 1 amide bonds. The first kappa shape index (κ1) is 25.6. The smallest absolute Gasteiger partial charge is 0.339 e. The van der Waals surface area contributed by atoms with Gasteiger partial charge in [-0.05, 0) is 26.3 Å². The first-order valence-electron chi connectivity index (χ1n) is 10.4. The molecule has 10 nitrogen and oxygen atoms in total. The van der Waals surface area contributed by atoms with E-state index in [4.69, 9.17) is 25.5 Å². The molecule has 2 heterocycles. The Morgan fingerprint density at radius 2 is 2.31 bits per heavy atom. The molecule has 5 N–H and O–H groups in total.